The number of ether oxygens (including phenoxy) is 1. The van der Waals surface area contributed by atoms with Crippen LogP contribution < -0.4 is 0 Å². The Kier molecular flexibility index (Phi) is 4.72. The molecule has 1 saturated carbocycles. The Morgan fingerprint density at radius 3 is 2.31 bits per heavy atom. The van der Waals surface area contributed by atoms with Crippen molar-refractivity contribution in [2.45, 2.75) is 46.5 Å². The number of allylic oxidation sites excluding steroid dienone is 2. The maximum atomic E-state index is 10.4. The molecule has 0 radical (unpaired) electrons. The monoisotopic (exact) mass is 224 g/mol. The Morgan fingerprint density at radius 2 is 2.06 bits per heavy atom. The normalized spacial score (nSPS) is 25.9. The molecule has 92 valence electrons. The van der Waals surface area contributed by atoms with Crippen LogP contribution in [0.3, 0.4) is 0 Å². The second-order valence-corrected chi connectivity index (χ2v) is 5.63. The molecule has 2 aliphatic rings. The van der Waals surface area contributed by atoms with E-state index in [-0.39, 0.29) is 5.78 Å². The summed E-state index contributed by atoms with van der Waals surface area (Å²) in [7, 11) is 1.77. The molecular formula is C14H24O2. The van der Waals surface area contributed by atoms with E-state index in [9.17, 15) is 4.79 Å². The van der Waals surface area contributed by atoms with Crippen LogP contribution in [0.15, 0.2) is 11.6 Å². The van der Waals surface area contributed by atoms with E-state index in [1.165, 1.54) is 18.4 Å². The number of rotatable bonds is 3. The summed E-state index contributed by atoms with van der Waals surface area (Å²) in [5.41, 5.74) is 1.86. The van der Waals surface area contributed by atoms with E-state index in [0.29, 0.717) is 5.41 Å². The first-order chi connectivity index (χ1) is 7.45. The van der Waals surface area contributed by atoms with Gasteiger partial charge < -0.3 is 4.74 Å². The maximum Gasteiger partial charge on any atom is 0.155 e. The third-order valence-corrected chi connectivity index (χ3v) is 3.56. The van der Waals surface area contributed by atoms with Crippen LogP contribution in [0.1, 0.15) is 46.5 Å². The molecule has 0 aromatic rings. The molecule has 2 aliphatic carbocycles. The van der Waals surface area contributed by atoms with E-state index >= 15 is 0 Å². The van der Waals surface area contributed by atoms with Gasteiger partial charge in [-0.15, -0.1) is 0 Å². The predicted molar refractivity (Wildman–Crippen MR) is 66.4 cm³/mol. The molecule has 0 aromatic heterocycles. The third-order valence-electron chi connectivity index (χ3n) is 3.56. The lowest BCUT2D eigenvalue weighted by atomic mass is 10.1. The highest BCUT2D eigenvalue weighted by molar-refractivity contribution is 5.92. The van der Waals surface area contributed by atoms with Crippen molar-refractivity contribution in [1.82, 2.24) is 0 Å². The molecular weight excluding hydrogens is 200 g/mol. The molecule has 1 atom stereocenters. The van der Waals surface area contributed by atoms with Gasteiger partial charge in [-0.2, -0.15) is 0 Å². The summed E-state index contributed by atoms with van der Waals surface area (Å²) in [4.78, 5) is 10.4. The van der Waals surface area contributed by atoms with Crippen molar-refractivity contribution in [3.8, 4) is 0 Å². The van der Waals surface area contributed by atoms with Crippen molar-refractivity contribution >= 4 is 5.78 Å². The molecule has 16 heavy (non-hydrogen) atoms. The number of methoxy groups -OCH3 is 1. The highest BCUT2D eigenvalue weighted by Gasteiger charge is 2.44. The van der Waals surface area contributed by atoms with Gasteiger partial charge in [-0.05, 0) is 43.6 Å². The van der Waals surface area contributed by atoms with E-state index in [1.807, 2.05) is 6.92 Å². The van der Waals surface area contributed by atoms with E-state index < -0.39 is 0 Å². The first kappa shape index (κ1) is 13.4. The van der Waals surface area contributed by atoms with Gasteiger partial charge in [-0.25, -0.2) is 0 Å². The molecule has 0 spiro atoms. The Balaban J connectivity index is 0.000000165. The molecule has 2 nitrogen and oxygen atoms in total. The number of hydrogen-bond acceptors (Lipinski definition) is 2. The van der Waals surface area contributed by atoms with Gasteiger partial charge in [0.05, 0.1) is 0 Å². The van der Waals surface area contributed by atoms with Gasteiger partial charge in [0, 0.05) is 20.1 Å². The quantitative estimate of drug-likeness (QED) is 0.734. The van der Waals surface area contributed by atoms with Gasteiger partial charge in [-0.3, -0.25) is 4.79 Å². The number of hydrogen-bond donors (Lipinski definition) is 0. The standard InChI is InChI=1S/C8H16O.C6H8O/c1-8(2)6-7(8)4-5-9-3;1-5-2-3-6(7)4-5/h7H,4-6H2,1-3H3;4H,2-3H2,1H3. The van der Waals surface area contributed by atoms with Gasteiger partial charge in [0.15, 0.2) is 5.78 Å². The maximum absolute atomic E-state index is 10.4. The molecule has 0 amide bonds. The highest BCUT2D eigenvalue weighted by atomic mass is 16.5. The summed E-state index contributed by atoms with van der Waals surface area (Å²) in [6, 6.07) is 0. The Morgan fingerprint density at radius 1 is 1.44 bits per heavy atom. The Hall–Kier alpha value is -0.630. The van der Waals surface area contributed by atoms with Crippen LogP contribution in [-0.4, -0.2) is 19.5 Å². The van der Waals surface area contributed by atoms with Crippen molar-refractivity contribution < 1.29 is 9.53 Å². The summed E-state index contributed by atoms with van der Waals surface area (Å²) < 4.78 is 4.99. The van der Waals surface area contributed by atoms with Crippen LogP contribution in [0.2, 0.25) is 0 Å². The highest BCUT2D eigenvalue weighted by Crippen LogP contribution is 2.53. The van der Waals surface area contributed by atoms with Crippen molar-refractivity contribution in [3.05, 3.63) is 11.6 Å². The van der Waals surface area contributed by atoms with E-state index in [4.69, 9.17) is 4.74 Å². The van der Waals surface area contributed by atoms with Gasteiger partial charge in [0.25, 0.3) is 0 Å². The molecule has 1 fully saturated rings. The summed E-state index contributed by atoms with van der Waals surface area (Å²) in [5.74, 6) is 1.23. The first-order valence-corrected chi connectivity index (χ1v) is 6.14. The number of carbonyl (C=O) groups excluding carboxylic acids is 1. The summed E-state index contributed by atoms with van der Waals surface area (Å²) in [6.07, 6.45) is 6.10. The minimum absolute atomic E-state index is 0.289. The van der Waals surface area contributed by atoms with Crippen LogP contribution in [0.25, 0.3) is 0 Å². The van der Waals surface area contributed by atoms with Crippen LogP contribution >= 0.6 is 0 Å². The van der Waals surface area contributed by atoms with E-state index in [1.54, 1.807) is 13.2 Å². The van der Waals surface area contributed by atoms with Crippen LogP contribution in [0.4, 0.5) is 0 Å². The zero-order valence-corrected chi connectivity index (χ0v) is 11.0. The number of ketones is 1. The average molecular weight is 224 g/mol. The molecule has 0 saturated heterocycles. The molecule has 0 heterocycles. The van der Waals surface area contributed by atoms with E-state index in [2.05, 4.69) is 13.8 Å². The minimum Gasteiger partial charge on any atom is -0.385 e. The predicted octanol–water partition coefficient (Wildman–Crippen LogP) is 3.36. The second kappa shape index (κ2) is 5.62. The lowest BCUT2D eigenvalue weighted by molar-refractivity contribution is -0.114. The molecule has 1 unspecified atom stereocenters. The van der Waals surface area contributed by atoms with E-state index in [0.717, 1.165) is 25.4 Å². The van der Waals surface area contributed by atoms with Crippen molar-refractivity contribution in [1.29, 1.82) is 0 Å². The molecule has 0 aliphatic heterocycles. The smallest absolute Gasteiger partial charge is 0.155 e. The molecule has 2 heteroatoms. The van der Waals surface area contributed by atoms with Crippen LogP contribution in [0.5, 0.6) is 0 Å². The van der Waals surface area contributed by atoms with Crippen molar-refractivity contribution in [3.63, 3.8) is 0 Å². The third kappa shape index (κ3) is 4.48. The average Bonchev–Trinajstić information content (AvgIpc) is 2.62. The minimum atomic E-state index is 0.289. The summed E-state index contributed by atoms with van der Waals surface area (Å²) >= 11 is 0. The lowest BCUT2D eigenvalue weighted by Gasteiger charge is -2.00. The zero-order chi connectivity index (χ0) is 12.2. The van der Waals surface area contributed by atoms with Gasteiger partial charge in [0.1, 0.15) is 0 Å². The Bertz CT molecular complexity index is 276. The fourth-order valence-corrected chi connectivity index (χ4v) is 2.07. The van der Waals surface area contributed by atoms with Crippen LogP contribution in [-0.2, 0) is 9.53 Å². The molecule has 2 rings (SSSR count). The molecule has 0 bridgehead atoms. The molecule has 0 aromatic carbocycles. The molecule has 0 N–H and O–H groups in total. The van der Waals surface area contributed by atoms with Crippen molar-refractivity contribution in [2.24, 2.45) is 11.3 Å². The fraction of sp³-hybridized carbons (Fsp3) is 0.786. The zero-order valence-electron chi connectivity index (χ0n) is 11.0. The largest absolute Gasteiger partial charge is 0.385 e. The van der Waals surface area contributed by atoms with Gasteiger partial charge in [-0.1, -0.05) is 19.4 Å². The SMILES string of the molecule is CC1=CC(=O)CC1.COCCC1CC1(C)C. The Labute approximate surface area is 99.1 Å². The summed E-state index contributed by atoms with van der Waals surface area (Å²) in [6.45, 7) is 7.58. The number of carbonyl (C=O) groups is 1. The summed E-state index contributed by atoms with van der Waals surface area (Å²) in [5, 5.41) is 0. The lowest BCUT2D eigenvalue weighted by Crippen LogP contribution is -1.95. The first-order valence-electron chi connectivity index (χ1n) is 6.14. The van der Waals surface area contributed by atoms with Gasteiger partial charge in [0.2, 0.25) is 0 Å². The topological polar surface area (TPSA) is 26.3 Å². The van der Waals surface area contributed by atoms with Crippen LogP contribution in [0, 0.1) is 11.3 Å². The second-order valence-electron chi connectivity index (χ2n) is 5.63. The van der Waals surface area contributed by atoms with Gasteiger partial charge >= 0.3 is 0 Å². The fourth-order valence-electron chi connectivity index (χ4n) is 2.07. The van der Waals surface area contributed by atoms with Crippen molar-refractivity contribution in [2.75, 3.05) is 13.7 Å².